The van der Waals surface area contributed by atoms with Crippen LogP contribution in [0.1, 0.15) is 86.5 Å². The monoisotopic (exact) mass is 405 g/mol. The zero-order valence-corrected chi connectivity index (χ0v) is 19.8. The third-order valence-corrected chi connectivity index (χ3v) is 10.9. The van der Waals surface area contributed by atoms with Gasteiger partial charge in [0.1, 0.15) is 0 Å². The molecule has 0 aromatic rings. The molecule has 5 aliphatic carbocycles. The van der Waals surface area contributed by atoms with Gasteiger partial charge in [0.15, 0.2) is 0 Å². The van der Waals surface area contributed by atoms with Gasteiger partial charge >= 0.3 is 0 Å². The predicted molar refractivity (Wildman–Crippen MR) is 124 cm³/mol. The lowest BCUT2D eigenvalue weighted by Crippen LogP contribution is -2.60. The van der Waals surface area contributed by atoms with Crippen LogP contribution in [0, 0.1) is 33.5 Å². The Hall–Kier alpha value is -1.57. The average Bonchev–Trinajstić information content (AvgIpc) is 2.70. The van der Waals surface area contributed by atoms with Gasteiger partial charge in [-0.1, -0.05) is 58.8 Å². The minimum atomic E-state index is -0.0516. The number of allylic oxidation sites excluding steroid dienone is 7. The zero-order valence-electron chi connectivity index (χ0n) is 19.8. The Bertz CT molecular complexity index is 963. The second-order valence-electron chi connectivity index (χ2n) is 12.3. The highest BCUT2D eigenvalue weighted by atomic mass is 16.1. The quantitative estimate of drug-likeness (QED) is 0.490. The van der Waals surface area contributed by atoms with Gasteiger partial charge in [0.05, 0.1) is 5.70 Å². The summed E-state index contributed by atoms with van der Waals surface area (Å²) in [4.78, 5) is 12.7. The molecule has 0 amide bonds. The molecule has 0 bridgehead atoms. The van der Waals surface area contributed by atoms with Crippen molar-refractivity contribution in [3.63, 3.8) is 0 Å². The van der Waals surface area contributed by atoms with E-state index in [0.29, 0.717) is 16.5 Å². The molecule has 0 aromatic heterocycles. The van der Waals surface area contributed by atoms with Gasteiger partial charge in [-0.25, -0.2) is 0 Å². The fraction of sp³-hybridized carbons (Fsp3) is 0.679. The van der Waals surface area contributed by atoms with Crippen LogP contribution in [0.25, 0.3) is 0 Å². The van der Waals surface area contributed by atoms with Crippen molar-refractivity contribution < 1.29 is 4.79 Å². The summed E-state index contributed by atoms with van der Waals surface area (Å²) in [7, 11) is 0. The minimum Gasteiger partial charge on any atom is -0.395 e. The lowest BCUT2D eigenvalue weighted by molar-refractivity contribution is -0.148. The van der Waals surface area contributed by atoms with Gasteiger partial charge in [-0.3, -0.25) is 4.79 Å². The molecule has 0 saturated heterocycles. The number of rotatable bonds is 0. The molecule has 5 rings (SSSR count). The van der Waals surface area contributed by atoms with E-state index in [4.69, 9.17) is 5.73 Å². The van der Waals surface area contributed by atoms with Crippen LogP contribution in [-0.4, -0.2) is 5.78 Å². The molecule has 3 saturated carbocycles. The zero-order chi connectivity index (χ0) is 21.7. The largest absolute Gasteiger partial charge is 0.395 e. The number of fused-ring (bicyclic) bond motifs is 7. The lowest BCUT2D eigenvalue weighted by atomic mass is 9.35. The molecule has 30 heavy (non-hydrogen) atoms. The van der Waals surface area contributed by atoms with E-state index in [1.54, 1.807) is 5.57 Å². The molecule has 0 unspecified atom stereocenters. The molecule has 162 valence electrons. The molecular weight excluding hydrogens is 366 g/mol. The maximum absolute atomic E-state index is 12.7. The molecule has 0 heterocycles. The molecule has 5 aliphatic rings. The van der Waals surface area contributed by atoms with Crippen molar-refractivity contribution in [2.24, 2.45) is 39.2 Å². The van der Waals surface area contributed by atoms with Gasteiger partial charge in [0.2, 0.25) is 5.78 Å². The third-order valence-electron chi connectivity index (χ3n) is 10.9. The van der Waals surface area contributed by atoms with Crippen LogP contribution in [0.4, 0.5) is 0 Å². The molecule has 6 atom stereocenters. The number of carbonyl (C=O) groups excluding carboxylic acids is 1. The van der Waals surface area contributed by atoms with Crippen LogP contribution in [0.15, 0.2) is 46.2 Å². The second kappa shape index (κ2) is 6.02. The van der Waals surface area contributed by atoms with Crippen LogP contribution >= 0.6 is 0 Å². The second-order valence-corrected chi connectivity index (χ2v) is 12.3. The Morgan fingerprint density at radius 3 is 2.47 bits per heavy atom. The van der Waals surface area contributed by atoms with Gasteiger partial charge < -0.3 is 5.73 Å². The molecule has 0 radical (unpaired) electrons. The predicted octanol–water partition coefficient (Wildman–Crippen LogP) is 6.64. The fourth-order valence-electron chi connectivity index (χ4n) is 8.54. The van der Waals surface area contributed by atoms with Crippen molar-refractivity contribution in [3.05, 3.63) is 46.2 Å². The molecule has 0 aliphatic heterocycles. The van der Waals surface area contributed by atoms with Crippen molar-refractivity contribution in [1.29, 1.82) is 0 Å². The van der Waals surface area contributed by atoms with Gasteiger partial charge in [0.25, 0.3) is 0 Å². The third kappa shape index (κ3) is 2.29. The van der Waals surface area contributed by atoms with E-state index in [9.17, 15) is 4.79 Å². The summed E-state index contributed by atoms with van der Waals surface area (Å²) in [5, 5.41) is 0. The Labute approximate surface area is 182 Å². The maximum atomic E-state index is 12.7. The van der Waals surface area contributed by atoms with Crippen LogP contribution in [0.2, 0.25) is 0 Å². The first-order chi connectivity index (χ1) is 14.0. The van der Waals surface area contributed by atoms with Gasteiger partial charge in [-0.2, -0.15) is 0 Å². The molecule has 2 heteroatoms. The highest BCUT2D eigenvalue weighted by Crippen LogP contribution is 2.74. The number of ketones is 1. The Morgan fingerprint density at radius 1 is 1.00 bits per heavy atom. The van der Waals surface area contributed by atoms with E-state index in [1.165, 1.54) is 49.7 Å². The van der Waals surface area contributed by atoms with Gasteiger partial charge in [-0.05, 0) is 96.3 Å². The summed E-state index contributed by atoms with van der Waals surface area (Å²) in [5.74, 6) is 1.64. The standard InChI is InChI=1S/C28H39NO/c1-17-9-10-25(3)11-13-27(5)22-8-7-19-18(2)24(29)21(30)16-20(19)26(22,4)12-14-28(27,6)23(25)15-17/h7-8,16-17,23H,9-15,29H2,1-6H3/t17-,23+,25+,26-,27+,28-/m0/s1. The molecule has 2 N–H and O–H groups in total. The Morgan fingerprint density at radius 2 is 1.73 bits per heavy atom. The number of nitrogens with two attached hydrogens (primary N) is 1. The van der Waals surface area contributed by atoms with E-state index in [2.05, 4.69) is 46.8 Å². The molecular formula is C28H39NO. The van der Waals surface area contributed by atoms with Crippen molar-refractivity contribution in [1.82, 2.24) is 0 Å². The normalized spacial score (nSPS) is 47.9. The number of hydrogen-bond acceptors (Lipinski definition) is 2. The summed E-state index contributed by atoms with van der Waals surface area (Å²) in [6, 6.07) is 0. The molecule has 2 nitrogen and oxygen atoms in total. The van der Waals surface area contributed by atoms with E-state index >= 15 is 0 Å². The minimum absolute atomic E-state index is 0.00191. The first-order valence-corrected chi connectivity index (χ1v) is 12.1. The summed E-state index contributed by atoms with van der Waals surface area (Å²) in [6.07, 6.45) is 15.7. The average molecular weight is 406 g/mol. The Balaban J connectivity index is 1.66. The highest BCUT2D eigenvalue weighted by Gasteiger charge is 2.65. The summed E-state index contributed by atoms with van der Waals surface area (Å²) in [5.41, 5.74) is 12.5. The first-order valence-electron chi connectivity index (χ1n) is 12.1. The van der Waals surface area contributed by atoms with Crippen LogP contribution < -0.4 is 5.73 Å². The molecule has 3 fully saturated rings. The lowest BCUT2D eigenvalue weighted by Gasteiger charge is -2.69. The number of hydrogen-bond donors (Lipinski definition) is 1. The van der Waals surface area contributed by atoms with Crippen molar-refractivity contribution in [2.75, 3.05) is 0 Å². The SMILES string of the molecule is CC1=C(N)C(=O)C=C2C1=CC=C1[C@@]2(C)CC[C@@]2(C)[C@@H]3C[C@@H](C)CC[C@]3(C)CC[C@]12C. The van der Waals surface area contributed by atoms with Crippen LogP contribution in [0.5, 0.6) is 0 Å². The first kappa shape index (κ1) is 20.3. The van der Waals surface area contributed by atoms with Crippen molar-refractivity contribution >= 4 is 5.78 Å². The topological polar surface area (TPSA) is 43.1 Å². The highest BCUT2D eigenvalue weighted by molar-refractivity contribution is 6.07. The van der Waals surface area contributed by atoms with E-state index in [-0.39, 0.29) is 16.6 Å². The van der Waals surface area contributed by atoms with E-state index in [0.717, 1.165) is 23.8 Å². The summed E-state index contributed by atoms with van der Waals surface area (Å²) < 4.78 is 0. The molecule has 0 aromatic carbocycles. The number of carbonyl (C=O) groups is 1. The smallest absolute Gasteiger partial charge is 0.202 e. The maximum Gasteiger partial charge on any atom is 0.202 e. The van der Waals surface area contributed by atoms with Crippen LogP contribution in [0.3, 0.4) is 0 Å². The fourth-order valence-corrected chi connectivity index (χ4v) is 8.54. The van der Waals surface area contributed by atoms with Gasteiger partial charge in [-0.15, -0.1) is 0 Å². The van der Waals surface area contributed by atoms with Gasteiger partial charge in [0, 0.05) is 5.41 Å². The summed E-state index contributed by atoms with van der Waals surface area (Å²) >= 11 is 0. The van der Waals surface area contributed by atoms with E-state index < -0.39 is 0 Å². The summed E-state index contributed by atoms with van der Waals surface area (Å²) in [6.45, 7) is 14.7. The van der Waals surface area contributed by atoms with Crippen molar-refractivity contribution in [2.45, 2.75) is 86.5 Å². The Kier molecular flexibility index (Phi) is 4.08. The van der Waals surface area contributed by atoms with E-state index in [1.807, 2.05) is 13.0 Å². The van der Waals surface area contributed by atoms with Crippen molar-refractivity contribution in [3.8, 4) is 0 Å². The molecule has 0 spiro atoms. The van der Waals surface area contributed by atoms with Crippen LogP contribution in [-0.2, 0) is 4.79 Å².